The first-order valence-corrected chi connectivity index (χ1v) is 7.77. The zero-order valence-electron chi connectivity index (χ0n) is 11.3. The molecule has 0 aliphatic rings. The first-order valence-electron chi connectivity index (χ1n) is 6.28. The number of anilines is 1. The molecule has 1 aromatic heterocycles. The molecule has 2 aromatic rings. The highest BCUT2D eigenvalue weighted by molar-refractivity contribution is 7.92. The second kappa shape index (κ2) is 5.96. The lowest BCUT2D eigenvalue weighted by Crippen LogP contribution is -2.13. The van der Waals surface area contributed by atoms with Crippen LogP contribution in [0.1, 0.15) is 18.2 Å². The minimum absolute atomic E-state index is 0.0534. The van der Waals surface area contributed by atoms with Crippen molar-refractivity contribution in [3.8, 4) is 0 Å². The van der Waals surface area contributed by atoms with Crippen LogP contribution in [-0.2, 0) is 27.7 Å². The number of carbonyl (C=O) groups is 1. The molecule has 0 amide bonds. The number of carboxylic acids is 1. The van der Waals surface area contributed by atoms with Gasteiger partial charge in [0.15, 0.2) is 5.82 Å². The molecule has 0 unspecified atom stereocenters. The average Bonchev–Trinajstić information content (AvgIpc) is 2.85. The van der Waals surface area contributed by atoms with Crippen LogP contribution in [0.4, 0.5) is 5.82 Å². The van der Waals surface area contributed by atoms with Gasteiger partial charge in [-0.25, -0.2) is 8.42 Å². The van der Waals surface area contributed by atoms with Crippen LogP contribution < -0.4 is 4.72 Å². The summed E-state index contributed by atoms with van der Waals surface area (Å²) in [6.45, 7) is 1.92. The molecule has 0 spiro atoms. The molecule has 3 N–H and O–H groups in total. The molecule has 7 nitrogen and oxygen atoms in total. The van der Waals surface area contributed by atoms with E-state index in [1.54, 1.807) is 6.07 Å². The van der Waals surface area contributed by atoms with Gasteiger partial charge in [0, 0.05) is 11.8 Å². The number of benzene rings is 1. The predicted octanol–water partition coefficient (Wildman–Crippen LogP) is 1.40. The third-order valence-electron chi connectivity index (χ3n) is 2.84. The molecule has 0 aliphatic heterocycles. The maximum atomic E-state index is 12.2. The summed E-state index contributed by atoms with van der Waals surface area (Å²) < 4.78 is 26.7. The number of rotatable bonds is 6. The lowest BCUT2D eigenvalue weighted by atomic mass is 10.2. The van der Waals surface area contributed by atoms with Gasteiger partial charge in [-0.05, 0) is 24.1 Å². The molecule has 112 valence electrons. The van der Waals surface area contributed by atoms with E-state index in [-0.39, 0.29) is 17.1 Å². The highest BCUT2D eigenvalue weighted by atomic mass is 32.2. The smallest absolute Gasteiger partial charge is 0.307 e. The van der Waals surface area contributed by atoms with E-state index >= 15 is 0 Å². The monoisotopic (exact) mass is 309 g/mol. The highest BCUT2D eigenvalue weighted by Crippen LogP contribution is 2.16. The molecule has 1 aromatic carbocycles. The van der Waals surface area contributed by atoms with Crippen molar-refractivity contribution in [1.29, 1.82) is 0 Å². The number of hydrogen-bond donors (Lipinski definition) is 3. The molecule has 0 fully saturated rings. The summed E-state index contributed by atoms with van der Waals surface area (Å²) >= 11 is 0. The molecular formula is C13H15N3O4S. The van der Waals surface area contributed by atoms with Crippen LogP contribution in [0.15, 0.2) is 35.2 Å². The highest BCUT2D eigenvalue weighted by Gasteiger charge is 2.15. The summed E-state index contributed by atoms with van der Waals surface area (Å²) in [7, 11) is -3.73. The first-order chi connectivity index (χ1) is 9.90. The van der Waals surface area contributed by atoms with Crippen LogP contribution >= 0.6 is 0 Å². The Labute approximate surface area is 122 Å². The Morgan fingerprint density at radius 1 is 1.33 bits per heavy atom. The Balaban J connectivity index is 2.17. The number of H-pyrrole nitrogens is 1. The fraction of sp³-hybridized carbons (Fsp3) is 0.231. The van der Waals surface area contributed by atoms with Crippen molar-refractivity contribution >= 4 is 21.8 Å². The third-order valence-corrected chi connectivity index (χ3v) is 4.21. The zero-order chi connectivity index (χ0) is 15.5. The van der Waals surface area contributed by atoms with E-state index < -0.39 is 16.0 Å². The molecule has 1 heterocycles. The van der Waals surface area contributed by atoms with E-state index in [1.807, 2.05) is 6.92 Å². The summed E-state index contributed by atoms with van der Waals surface area (Å²) in [5.74, 6) is -0.742. The quantitative estimate of drug-likeness (QED) is 0.746. The van der Waals surface area contributed by atoms with E-state index in [0.717, 1.165) is 12.1 Å². The minimum Gasteiger partial charge on any atom is -0.481 e. The van der Waals surface area contributed by atoms with Crippen LogP contribution in [-0.4, -0.2) is 29.7 Å². The fourth-order valence-electron chi connectivity index (χ4n) is 1.75. The number of aromatic nitrogens is 2. The van der Waals surface area contributed by atoms with E-state index in [4.69, 9.17) is 5.11 Å². The summed E-state index contributed by atoms with van der Waals surface area (Å²) in [5.41, 5.74) is 1.36. The summed E-state index contributed by atoms with van der Waals surface area (Å²) in [4.78, 5) is 10.6. The number of carboxylic acid groups (broad SMARTS) is 1. The van der Waals surface area contributed by atoms with Crippen LogP contribution in [0, 0.1) is 0 Å². The Hall–Kier alpha value is -2.35. The zero-order valence-corrected chi connectivity index (χ0v) is 12.1. The molecule has 0 atom stereocenters. The molecule has 0 bridgehead atoms. The van der Waals surface area contributed by atoms with Gasteiger partial charge in [-0.3, -0.25) is 14.6 Å². The number of aryl methyl sites for hydroxylation is 1. The summed E-state index contributed by atoms with van der Waals surface area (Å²) in [6.07, 6.45) is 0.575. The van der Waals surface area contributed by atoms with Crippen molar-refractivity contribution in [2.45, 2.75) is 24.7 Å². The lowest BCUT2D eigenvalue weighted by molar-refractivity contribution is -0.136. The second-order valence-electron chi connectivity index (χ2n) is 4.45. The molecule has 8 heteroatoms. The van der Waals surface area contributed by atoms with Crippen molar-refractivity contribution in [2.75, 3.05) is 4.72 Å². The average molecular weight is 309 g/mol. The van der Waals surface area contributed by atoms with Crippen molar-refractivity contribution in [3.63, 3.8) is 0 Å². The van der Waals surface area contributed by atoms with E-state index in [2.05, 4.69) is 14.9 Å². The van der Waals surface area contributed by atoms with E-state index in [9.17, 15) is 13.2 Å². The molecule has 0 aliphatic carbocycles. The number of aliphatic carboxylic acids is 1. The van der Waals surface area contributed by atoms with Gasteiger partial charge in [0.25, 0.3) is 10.0 Å². The predicted molar refractivity (Wildman–Crippen MR) is 76.6 cm³/mol. The fourth-order valence-corrected chi connectivity index (χ4v) is 2.74. The van der Waals surface area contributed by atoms with E-state index in [0.29, 0.717) is 5.56 Å². The summed E-state index contributed by atoms with van der Waals surface area (Å²) in [5, 5.41) is 15.3. The van der Waals surface area contributed by atoms with Crippen LogP contribution in [0.3, 0.4) is 0 Å². The van der Waals surface area contributed by atoms with Crippen molar-refractivity contribution in [3.05, 3.63) is 41.6 Å². The van der Waals surface area contributed by atoms with Gasteiger partial charge in [0.05, 0.1) is 11.3 Å². The molecule has 2 rings (SSSR count). The second-order valence-corrected chi connectivity index (χ2v) is 6.13. The molecular weight excluding hydrogens is 294 g/mol. The maximum Gasteiger partial charge on any atom is 0.307 e. The minimum atomic E-state index is -3.73. The van der Waals surface area contributed by atoms with Crippen molar-refractivity contribution in [1.82, 2.24) is 10.2 Å². The summed E-state index contributed by atoms with van der Waals surface area (Å²) in [6, 6.07) is 7.31. The topological polar surface area (TPSA) is 112 Å². The van der Waals surface area contributed by atoms with E-state index in [1.165, 1.54) is 24.3 Å². The largest absolute Gasteiger partial charge is 0.481 e. The lowest BCUT2D eigenvalue weighted by Gasteiger charge is -2.05. The third kappa shape index (κ3) is 3.82. The Morgan fingerprint density at radius 2 is 2.00 bits per heavy atom. The first kappa shape index (κ1) is 15.0. The number of nitrogens with one attached hydrogen (secondary N) is 2. The molecule has 0 saturated carbocycles. The van der Waals surface area contributed by atoms with Gasteiger partial charge in [-0.15, -0.1) is 0 Å². The van der Waals surface area contributed by atoms with Gasteiger partial charge < -0.3 is 5.11 Å². The SMILES string of the molecule is CCc1cc(NS(=O)(=O)c2ccc(CC(=O)O)cc2)n[nH]1. The van der Waals surface area contributed by atoms with Crippen LogP contribution in [0.5, 0.6) is 0 Å². The standard InChI is InChI=1S/C13H15N3O4S/c1-2-10-8-12(15-14-10)16-21(19,20)11-5-3-9(4-6-11)7-13(17)18/h3-6,8H,2,7H2,1H3,(H,17,18)(H2,14,15,16). The van der Waals surface area contributed by atoms with Crippen molar-refractivity contribution < 1.29 is 18.3 Å². The molecule has 0 saturated heterocycles. The van der Waals surface area contributed by atoms with Gasteiger partial charge in [-0.1, -0.05) is 19.1 Å². The Bertz CT molecular complexity index is 735. The van der Waals surface area contributed by atoms with Gasteiger partial charge in [0.1, 0.15) is 0 Å². The molecule has 21 heavy (non-hydrogen) atoms. The normalized spacial score (nSPS) is 11.3. The van der Waals surface area contributed by atoms with Crippen LogP contribution in [0.25, 0.3) is 0 Å². The Kier molecular flexibility index (Phi) is 4.27. The van der Waals surface area contributed by atoms with Crippen molar-refractivity contribution in [2.24, 2.45) is 0 Å². The molecule has 0 radical (unpaired) electrons. The number of nitrogens with zero attached hydrogens (tertiary/aromatic N) is 1. The van der Waals surface area contributed by atoms with Gasteiger partial charge in [0.2, 0.25) is 0 Å². The number of hydrogen-bond acceptors (Lipinski definition) is 4. The van der Waals surface area contributed by atoms with Crippen LogP contribution in [0.2, 0.25) is 0 Å². The number of aromatic amines is 1. The number of sulfonamides is 1. The Morgan fingerprint density at radius 3 is 2.52 bits per heavy atom. The maximum absolute atomic E-state index is 12.2. The van der Waals surface area contributed by atoms with Gasteiger partial charge in [-0.2, -0.15) is 5.10 Å². The van der Waals surface area contributed by atoms with Gasteiger partial charge >= 0.3 is 5.97 Å².